The van der Waals surface area contributed by atoms with E-state index < -0.39 is 11.9 Å². The summed E-state index contributed by atoms with van der Waals surface area (Å²) in [6.45, 7) is 0.555. The average molecular weight is 426 g/mol. The van der Waals surface area contributed by atoms with Crippen LogP contribution < -0.4 is 34.7 Å². The van der Waals surface area contributed by atoms with Crippen LogP contribution in [0.4, 0.5) is 0 Å². The van der Waals surface area contributed by atoms with Crippen LogP contribution in [-0.2, 0) is 27.5 Å². The van der Waals surface area contributed by atoms with E-state index in [4.69, 9.17) is 14.3 Å². The van der Waals surface area contributed by atoms with E-state index in [2.05, 4.69) is 12.1 Å². The van der Waals surface area contributed by atoms with E-state index >= 15 is 0 Å². The van der Waals surface area contributed by atoms with Gasteiger partial charge in [-0.25, -0.2) is 0 Å². The second kappa shape index (κ2) is 10.4. The van der Waals surface area contributed by atoms with Crippen molar-refractivity contribution in [2.24, 2.45) is 0 Å². The molecule has 0 fully saturated rings. The molecule has 152 valence electrons. The Morgan fingerprint density at radius 2 is 1.71 bits per heavy atom. The molecule has 2 aromatic carbocycles. The minimum atomic E-state index is -1.29. The standard InChI is InChI=1S/C23H20N2O5.Na/c26-21(27)12-13-22(28)29-15-17-10-11-20(30-17)23-18-8-4-5-9-19(18)25(24-23)14-16-6-2-1-3-7-16;/h1-11H,12-15H2,(H,26,27);/q;+1/p-1. The van der Waals surface area contributed by atoms with Gasteiger partial charge in [-0.05, 0) is 30.2 Å². The van der Waals surface area contributed by atoms with Crippen molar-refractivity contribution in [2.45, 2.75) is 26.0 Å². The van der Waals surface area contributed by atoms with Gasteiger partial charge >= 0.3 is 35.5 Å². The molecule has 2 heterocycles. The molecule has 0 N–H and O–H groups in total. The quantitative estimate of drug-likeness (QED) is 0.289. The van der Waals surface area contributed by atoms with E-state index in [1.165, 1.54) is 0 Å². The Morgan fingerprint density at radius 3 is 2.48 bits per heavy atom. The molecule has 2 aromatic heterocycles. The fourth-order valence-corrected chi connectivity index (χ4v) is 3.20. The van der Waals surface area contributed by atoms with E-state index in [1.54, 1.807) is 12.1 Å². The third kappa shape index (κ3) is 5.64. The molecule has 4 rings (SSSR count). The molecule has 0 saturated heterocycles. The molecule has 0 aliphatic heterocycles. The molecule has 0 unspecified atom stereocenters. The minimum absolute atomic E-state index is 0. The zero-order valence-electron chi connectivity index (χ0n) is 17.1. The molecule has 4 aromatic rings. The van der Waals surface area contributed by atoms with Crippen molar-refractivity contribution in [1.82, 2.24) is 9.78 Å². The molecule has 0 saturated carbocycles. The number of hydrogen-bond acceptors (Lipinski definition) is 6. The second-order valence-corrected chi connectivity index (χ2v) is 6.81. The monoisotopic (exact) mass is 426 g/mol. The summed E-state index contributed by atoms with van der Waals surface area (Å²) in [6, 6.07) is 21.5. The molecule has 7 nitrogen and oxygen atoms in total. The summed E-state index contributed by atoms with van der Waals surface area (Å²) in [7, 11) is 0. The maximum Gasteiger partial charge on any atom is 1.00 e. The Hall–Kier alpha value is -2.87. The van der Waals surface area contributed by atoms with Gasteiger partial charge in [0.15, 0.2) is 5.76 Å². The summed E-state index contributed by atoms with van der Waals surface area (Å²) >= 11 is 0. The number of hydrogen-bond donors (Lipinski definition) is 0. The first-order valence-electron chi connectivity index (χ1n) is 9.54. The third-order valence-corrected chi connectivity index (χ3v) is 4.64. The topological polar surface area (TPSA) is 97.4 Å². The van der Waals surface area contributed by atoms with Crippen LogP contribution in [0, 0.1) is 0 Å². The van der Waals surface area contributed by atoms with Crippen molar-refractivity contribution < 1.29 is 53.4 Å². The van der Waals surface area contributed by atoms with E-state index in [0.717, 1.165) is 16.5 Å². The fraction of sp³-hybridized carbons (Fsp3) is 0.174. The van der Waals surface area contributed by atoms with Gasteiger partial charge < -0.3 is 19.1 Å². The zero-order chi connectivity index (χ0) is 20.9. The Labute approximate surface area is 200 Å². The summed E-state index contributed by atoms with van der Waals surface area (Å²) in [5, 5.41) is 16.1. The van der Waals surface area contributed by atoms with Crippen LogP contribution >= 0.6 is 0 Å². The van der Waals surface area contributed by atoms with Crippen LogP contribution in [-0.4, -0.2) is 21.7 Å². The van der Waals surface area contributed by atoms with Gasteiger partial charge in [-0.1, -0.05) is 48.5 Å². The molecule has 0 atom stereocenters. The van der Waals surface area contributed by atoms with Gasteiger partial charge in [-0.15, -0.1) is 0 Å². The van der Waals surface area contributed by atoms with Crippen LogP contribution in [0.1, 0.15) is 24.2 Å². The smallest absolute Gasteiger partial charge is 0.550 e. The van der Waals surface area contributed by atoms with Crippen molar-refractivity contribution in [3.8, 4) is 11.5 Å². The van der Waals surface area contributed by atoms with Crippen molar-refractivity contribution in [3.63, 3.8) is 0 Å². The second-order valence-electron chi connectivity index (χ2n) is 6.81. The predicted molar refractivity (Wildman–Crippen MR) is 107 cm³/mol. The molecule has 0 bridgehead atoms. The minimum Gasteiger partial charge on any atom is -0.550 e. The number of carboxylic acids is 1. The number of carbonyl (C=O) groups excluding carboxylic acids is 2. The molecule has 0 aliphatic rings. The van der Waals surface area contributed by atoms with Gasteiger partial charge in [0, 0.05) is 11.4 Å². The number of ether oxygens (including phenoxy) is 1. The summed E-state index contributed by atoms with van der Waals surface area (Å²) < 4.78 is 12.8. The van der Waals surface area contributed by atoms with E-state index in [1.807, 2.05) is 47.1 Å². The van der Waals surface area contributed by atoms with Gasteiger partial charge in [0.05, 0.1) is 18.5 Å². The fourth-order valence-electron chi connectivity index (χ4n) is 3.20. The van der Waals surface area contributed by atoms with Crippen molar-refractivity contribution >= 4 is 22.8 Å². The van der Waals surface area contributed by atoms with Crippen LogP contribution in [0.2, 0.25) is 0 Å². The van der Waals surface area contributed by atoms with E-state index in [9.17, 15) is 14.7 Å². The van der Waals surface area contributed by atoms with Crippen LogP contribution in [0.15, 0.2) is 71.1 Å². The molecule has 0 amide bonds. The number of benzene rings is 2. The molecule has 0 spiro atoms. The predicted octanol–water partition coefficient (Wildman–Crippen LogP) is -0.0781. The number of carbonyl (C=O) groups is 2. The Balaban J connectivity index is 0.00000272. The van der Waals surface area contributed by atoms with E-state index in [0.29, 0.717) is 23.8 Å². The Bertz CT molecular complexity index is 1180. The number of aliphatic carboxylic acids is 1. The summed E-state index contributed by atoms with van der Waals surface area (Å²) in [5.41, 5.74) is 2.83. The Kier molecular flexibility index (Phi) is 7.68. The third-order valence-electron chi connectivity index (χ3n) is 4.64. The molecular formula is C23H19N2NaO5. The van der Waals surface area contributed by atoms with Crippen molar-refractivity contribution in [3.05, 3.63) is 78.1 Å². The van der Waals surface area contributed by atoms with Crippen LogP contribution in [0.25, 0.3) is 22.4 Å². The number of esters is 1. The number of aromatic nitrogens is 2. The van der Waals surface area contributed by atoms with Crippen molar-refractivity contribution in [2.75, 3.05) is 0 Å². The summed E-state index contributed by atoms with van der Waals surface area (Å²) in [5.74, 6) is -0.882. The first-order chi connectivity index (χ1) is 14.6. The SMILES string of the molecule is O=C([O-])CCC(=O)OCc1ccc(-c2nn(Cc3ccccc3)c3ccccc23)o1.[Na+]. The first kappa shape index (κ1) is 22.8. The van der Waals surface area contributed by atoms with Gasteiger partial charge in [0.25, 0.3) is 0 Å². The number of fused-ring (bicyclic) bond motifs is 1. The van der Waals surface area contributed by atoms with Crippen molar-refractivity contribution in [1.29, 1.82) is 0 Å². The zero-order valence-corrected chi connectivity index (χ0v) is 19.1. The number of para-hydroxylation sites is 1. The van der Waals surface area contributed by atoms with Gasteiger partial charge in [-0.3, -0.25) is 9.48 Å². The number of carboxylic acid groups (broad SMARTS) is 1. The maximum atomic E-state index is 11.6. The van der Waals surface area contributed by atoms with Crippen LogP contribution in [0.5, 0.6) is 0 Å². The number of nitrogens with zero attached hydrogens (tertiary/aromatic N) is 2. The summed E-state index contributed by atoms with van der Waals surface area (Å²) in [6.07, 6.45) is -0.600. The first-order valence-corrected chi connectivity index (χ1v) is 9.54. The largest absolute Gasteiger partial charge is 1.00 e. The van der Waals surface area contributed by atoms with Gasteiger partial charge in [0.2, 0.25) is 0 Å². The normalized spacial score (nSPS) is 10.6. The molecule has 8 heteroatoms. The number of furan rings is 1. The Morgan fingerprint density at radius 1 is 0.968 bits per heavy atom. The number of rotatable bonds is 8. The average Bonchev–Trinajstić information content (AvgIpc) is 3.36. The molecular weight excluding hydrogens is 407 g/mol. The molecule has 31 heavy (non-hydrogen) atoms. The van der Waals surface area contributed by atoms with Gasteiger partial charge in [0.1, 0.15) is 18.1 Å². The molecule has 0 radical (unpaired) electrons. The van der Waals surface area contributed by atoms with Crippen LogP contribution in [0.3, 0.4) is 0 Å². The van der Waals surface area contributed by atoms with E-state index in [-0.39, 0.29) is 49.0 Å². The summed E-state index contributed by atoms with van der Waals surface area (Å²) in [4.78, 5) is 22.0. The molecule has 0 aliphatic carbocycles. The maximum absolute atomic E-state index is 11.6. The van der Waals surface area contributed by atoms with Gasteiger partial charge in [-0.2, -0.15) is 5.10 Å².